The highest BCUT2D eigenvalue weighted by molar-refractivity contribution is 5.96. The van der Waals surface area contributed by atoms with Crippen molar-refractivity contribution in [2.75, 3.05) is 18.4 Å². The number of hydrogen-bond donors (Lipinski definition) is 6. The number of nitrogens with two attached hydrogens (primary N) is 3. The smallest absolute Gasteiger partial charge is 0.251 e. The lowest BCUT2D eigenvalue weighted by molar-refractivity contribution is -0.122. The topological polar surface area (TPSA) is 213 Å². The van der Waals surface area contributed by atoms with Gasteiger partial charge in [0.15, 0.2) is 29.0 Å². The number of benzene rings is 2. The summed E-state index contributed by atoms with van der Waals surface area (Å²) in [5.74, 6) is -2.84. The molecule has 3 heterocycles. The van der Waals surface area contributed by atoms with Crippen molar-refractivity contribution < 1.29 is 23.1 Å². The van der Waals surface area contributed by atoms with Crippen LogP contribution in [0, 0.1) is 11.6 Å². The number of guanidine groups is 1. The van der Waals surface area contributed by atoms with E-state index in [1.807, 2.05) is 13.0 Å². The zero-order valence-corrected chi connectivity index (χ0v) is 27.4. The number of fused-ring (bicyclic) bond motifs is 1. The van der Waals surface area contributed by atoms with Crippen LogP contribution in [0.2, 0.25) is 0 Å². The normalized spacial score (nSPS) is 12.2. The van der Waals surface area contributed by atoms with Crippen molar-refractivity contribution in [1.82, 2.24) is 30.0 Å². The number of pyridine rings is 1. The molecule has 0 saturated carbocycles. The summed E-state index contributed by atoms with van der Waals surface area (Å²) in [7, 11) is 0. The molecule has 0 aliphatic heterocycles. The molecule has 0 radical (unpaired) electrons. The Kier molecular flexibility index (Phi) is 11.1. The number of anilines is 2. The van der Waals surface area contributed by atoms with Gasteiger partial charge in [-0.05, 0) is 61.7 Å². The average Bonchev–Trinajstić information content (AvgIpc) is 3.54. The van der Waals surface area contributed by atoms with Crippen molar-refractivity contribution in [3.63, 3.8) is 0 Å². The summed E-state index contributed by atoms with van der Waals surface area (Å²) in [5.41, 5.74) is 19.0. The van der Waals surface area contributed by atoms with Crippen LogP contribution in [-0.2, 0) is 11.2 Å². The summed E-state index contributed by atoms with van der Waals surface area (Å²) in [6.07, 6.45) is 6.82. The van der Waals surface area contributed by atoms with Crippen LogP contribution in [-0.4, -0.2) is 62.3 Å². The Labute approximate surface area is 286 Å². The summed E-state index contributed by atoms with van der Waals surface area (Å²) < 4.78 is 37.4. The largest absolute Gasteiger partial charge is 0.436 e. The summed E-state index contributed by atoms with van der Waals surface area (Å²) in [6.45, 7) is 4.08. The van der Waals surface area contributed by atoms with E-state index in [2.05, 4.69) is 35.9 Å². The van der Waals surface area contributed by atoms with Crippen molar-refractivity contribution in [2.45, 2.75) is 38.8 Å². The third-order valence-corrected chi connectivity index (χ3v) is 7.63. The molecule has 14 nitrogen and oxygen atoms in total. The first-order chi connectivity index (χ1) is 24.0. The van der Waals surface area contributed by atoms with Crippen molar-refractivity contribution in [1.29, 1.82) is 0 Å². The lowest BCUT2D eigenvalue weighted by Crippen LogP contribution is -2.47. The molecule has 0 saturated heterocycles. The summed E-state index contributed by atoms with van der Waals surface area (Å²) in [5, 5.41) is 8.84. The molecular formula is C34H37F2N11O3. The number of hydrogen-bond acceptors (Lipinski definition) is 9. The molecule has 50 heavy (non-hydrogen) atoms. The van der Waals surface area contributed by atoms with Crippen LogP contribution in [0.25, 0.3) is 16.9 Å². The number of ether oxygens (including phenoxy) is 1. The van der Waals surface area contributed by atoms with Crippen molar-refractivity contribution >= 4 is 34.9 Å². The zero-order chi connectivity index (χ0) is 35.8. The van der Waals surface area contributed by atoms with Crippen LogP contribution >= 0.6 is 0 Å². The monoisotopic (exact) mass is 685 g/mol. The fourth-order valence-electron chi connectivity index (χ4n) is 5.06. The van der Waals surface area contributed by atoms with Gasteiger partial charge in [-0.15, -0.1) is 0 Å². The SMILES string of the molecule is CCc1cc(Nc2nccn3c(-c4ccc(Oc5ccccn5)c(F)c4F)cnc23)ccc1C(=O)N[C@@H](C)CNC(=O)[C@@H](N)CCN=C(N)N. The van der Waals surface area contributed by atoms with E-state index in [-0.39, 0.29) is 54.5 Å². The van der Waals surface area contributed by atoms with E-state index in [0.29, 0.717) is 34.8 Å². The molecule has 0 unspecified atom stereocenters. The number of carbonyl (C=O) groups excluding carboxylic acids is 2. The number of amides is 2. The van der Waals surface area contributed by atoms with E-state index >= 15 is 8.78 Å². The standard InChI is InChI=1S/C34H37F2N11O3/c1-3-20-16-21(7-8-22(20)32(48)45-19(2)17-44-33(49)24(37)11-13-42-34(38)39)46-30-31-43-18-25(47(31)15-14-41-30)23-9-10-26(29(36)28(23)35)50-27-6-4-5-12-40-27/h4-10,12,14-16,18-19,24H,3,11,13,17,37H2,1-2H3,(H,41,46)(H,44,49)(H,45,48)(H4,38,39,42)/t19-,24-/m0/s1. The molecule has 0 aliphatic rings. The highest BCUT2D eigenvalue weighted by atomic mass is 19.2. The number of nitrogens with zero attached hydrogens (tertiary/aromatic N) is 5. The molecule has 0 spiro atoms. The Morgan fingerprint density at radius 1 is 1.04 bits per heavy atom. The number of aromatic nitrogens is 4. The van der Waals surface area contributed by atoms with Gasteiger partial charge in [-0.2, -0.15) is 4.39 Å². The zero-order valence-electron chi connectivity index (χ0n) is 27.4. The van der Waals surface area contributed by atoms with Gasteiger partial charge in [-0.25, -0.2) is 19.3 Å². The van der Waals surface area contributed by atoms with Crippen LogP contribution < -0.4 is 37.9 Å². The number of aryl methyl sites for hydroxylation is 1. The van der Waals surface area contributed by atoms with Crippen LogP contribution in [0.3, 0.4) is 0 Å². The van der Waals surface area contributed by atoms with E-state index in [4.69, 9.17) is 21.9 Å². The average molecular weight is 686 g/mol. The number of rotatable bonds is 14. The number of aliphatic imine (C=N–C) groups is 1. The van der Waals surface area contributed by atoms with E-state index in [1.165, 1.54) is 36.8 Å². The third kappa shape index (κ3) is 8.27. The minimum Gasteiger partial charge on any atom is -0.436 e. The van der Waals surface area contributed by atoms with Crippen molar-refractivity contribution in [2.24, 2.45) is 22.2 Å². The Bertz CT molecular complexity index is 2020. The molecule has 2 aromatic carbocycles. The minimum absolute atomic E-state index is 0.0244. The van der Waals surface area contributed by atoms with Crippen LogP contribution in [0.15, 0.2) is 78.3 Å². The van der Waals surface area contributed by atoms with E-state index < -0.39 is 23.7 Å². The predicted molar refractivity (Wildman–Crippen MR) is 185 cm³/mol. The number of halogens is 2. The van der Waals surface area contributed by atoms with Crippen LogP contribution in [0.4, 0.5) is 20.3 Å². The van der Waals surface area contributed by atoms with Gasteiger partial charge in [0, 0.05) is 60.6 Å². The van der Waals surface area contributed by atoms with Crippen LogP contribution in [0.1, 0.15) is 36.2 Å². The molecule has 5 aromatic rings. The molecule has 2 amide bonds. The maximum atomic E-state index is 15.3. The minimum atomic E-state index is -1.16. The molecule has 16 heteroatoms. The van der Waals surface area contributed by atoms with Gasteiger partial charge in [0.1, 0.15) is 0 Å². The first-order valence-corrected chi connectivity index (χ1v) is 15.7. The molecular weight excluding hydrogens is 648 g/mol. The second kappa shape index (κ2) is 15.8. The summed E-state index contributed by atoms with van der Waals surface area (Å²) in [6, 6.07) is 11.7. The van der Waals surface area contributed by atoms with Gasteiger partial charge >= 0.3 is 0 Å². The van der Waals surface area contributed by atoms with Gasteiger partial charge in [0.2, 0.25) is 17.6 Å². The predicted octanol–water partition coefficient (Wildman–Crippen LogP) is 3.39. The van der Waals surface area contributed by atoms with Crippen LogP contribution in [0.5, 0.6) is 11.6 Å². The van der Waals surface area contributed by atoms with Crippen molar-refractivity contribution in [3.8, 4) is 22.9 Å². The first-order valence-electron chi connectivity index (χ1n) is 15.7. The third-order valence-electron chi connectivity index (χ3n) is 7.63. The number of imidazole rings is 1. The highest BCUT2D eigenvalue weighted by Crippen LogP contribution is 2.33. The lowest BCUT2D eigenvalue weighted by Gasteiger charge is -2.18. The fraction of sp³-hybridized carbons (Fsp3) is 0.235. The maximum absolute atomic E-state index is 15.3. The second-order valence-electron chi connectivity index (χ2n) is 11.3. The second-order valence-corrected chi connectivity index (χ2v) is 11.3. The van der Waals surface area contributed by atoms with E-state index in [9.17, 15) is 9.59 Å². The Balaban J connectivity index is 1.26. The Hall–Kier alpha value is -6.16. The fourth-order valence-corrected chi connectivity index (χ4v) is 5.06. The molecule has 2 atom stereocenters. The molecule has 0 fully saturated rings. The number of carbonyl (C=O) groups is 2. The molecule has 0 bridgehead atoms. The molecule has 3 aromatic heterocycles. The Morgan fingerprint density at radius 3 is 2.60 bits per heavy atom. The summed E-state index contributed by atoms with van der Waals surface area (Å²) >= 11 is 0. The van der Waals surface area contributed by atoms with E-state index in [0.717, 1.165) is 5.56 Å². The molecule has 260 valence electrons. The Morgan fingerprint density at radius 2 is 1.86 bits per heavy atom. The van der Waals surface area contributed by atoms with E-state index in [1.54, 1.807) is 41.8 Å². The van der Waals surface area contributed by atoms with Gasteiger partial charge < -0.3 is 37.9 Å². The first kappa shape index (κ1) is 35.2. The quantitative estimate of drug-likeness (QED) is 0.0741. The maximum Gasteiger partial charge on any atom is 0.251 e. The molecule has 9 N–H and O–H groups in total. The highest BCUT2D eigenvalue weighted by Gasteiger charge is 2.21. The van der Waals surface area contributed by atoms with Crippen molar-refractivity contribution in [3.05, 3.63) is 96.1 Å². The molecule has 5 rings (SSSR count). The lowest BCUT2D eigenvalue weighted by atomic mass is 10.0. The number of nitrogens with one attached hydrogen (secondary N) is 3. The van der Waals surface area contributed by atoms with Gasteiger partial charge in [0.05, 0.1) is 17.9 Å². The molecule has 0 aliphatic carbocycles. The van der Waals surface area contributed by atoms with Gasteiger partial charge in [-0.1, -0.05) is 13.0 Å². The summed E-state index contributed by atoms with van der Waals surface area (Å²) in [4.78, 5) is 42.1. The van der Waals surface area contributed by atoms with Gasteiger partial charge in [-0.3, -0.25) is 19.0 Å². The van der Waals surface area contributed by atoms with Gasteiger partial charge in [0.25, 0.3) is 5.91 Å².